The van der Waals surface area contributed by atoms with Crippen molar-refractivity contribution < 1.29 is 8.42 Å². The summed E-state index contributed by atoms with van der Waals surface area (Å²) in [6, 6.07) is 12.5. The van der Waals surface area contributed by atoms with Gasteiger partial charge in [0.1, 0.15) is 0 Å². The van der Waals surface area contributed by atoms with Gasteiger partial charge < -0.3 is 0 Å². The molecule has 3 nitrogen and oxygen atoms in total. The van der Waals surface area contributed by atoms with Gasteiger partial charge >= 0.3 is 0 Å². The Kier molecular flexibility index (Phi) is 4.68. The number of halogens is 1. The molecule has 2 rings (SSSR count). The van der Waals surface area contributed by atoms with E-state index in [1.165, 1.54) is 0 Å². The third-order valence-corrected chi connectivity index (χ3v) is 5.34. The van der Waals surface area contributed by atoms with Crippen molar-refractivity contribution in [1.29, 1.82) is 0 Å². The molecule has 5 heteroatoms. The lowest BCUT2D eigenvalue weighted by atomic mass is 9.87. The molecule has 0 atom stereocenters. The minimum Gasteiger partial charge on any atom is -0.279 e. The molecule has 0 aromatic heterocycles. The molecule has 22 heavy (non-hydrogen) atoms. The summed E-state index contributed by atoms with van der Waals surface area (Å²) in [5.41, 5.74) is 2.55. The van der Waals surface area contributed by atoms with Crippen LogP contribution in [0.15, 0.2) is 51.8 Å². The van der Waals surface area contributed by atoms with Crippen molar-refractivity contribution in [1.82, 2.24) is 0 Å². The Morgan fingerprint density at radius 2 is 1.59 bits per heavy atom. The molecule has 0 saturated carbocycles. The van der Waals surface area contributed by atoms with E-state index in [-0.39, 0.29) is 10.3 Å². The van der Waals surface area contributed by atoms with Crippen LogP contribution in [0.1, 0.15) is 31.9 Å². The van der Waals surface area contributed by atoms with Crippen LogP contribution >= 0.6 is 15.9 Å². The van der Waals surface area contributed by atoms with Gasteiger partial charge in [0, 0.05) is 4.47 Å². The van der Waals surface area contributed by atoms with Crippen LogP contribution in [-0.4, -0.2) is 8.42 Å². The normalized spacial score (nSPS) is 12.2. The van der Waals surface area contributed by atoms with Gasteiger partial charge in [-0.05, 0) is 53.8 Å². The molecule has 0 unspecified atom stereocenters. The van der Waals surface area contributed by atoms with Crippen LogP contribution < -0.4 is 4.72 Å². The molecule has 2 aromatic carbocycles. The topological polar surface area (TPSA) is 46.2 Å². The Labute approximate surface area is 140 Å². The average molecular weight is 382 g/mol. The lowest BCUT2D eigenvalue weighted by Gasteiger charge is -2.19. The number of sulfonamides is 1. The van der Waals surface area contributed by atoms with Gasteiger partial charge in [0.25, 0.3) is 10.0 Å². The zero-order valence-corrected chi connectivity index (χ0v) is 15.5. The fourth-order valence-corrected chi connectivity index (χ4v) is 3.69. The van der Waals surface area contributed by atoms with Crippen molar-refractivity contribution in [2.75, 3.05) is 4.72 Å². The number of benzene rings is 2. The maximum Gasteiger partial charge on any atom is 0.261 e. The first-order chi connectivity index (χ1) is 10.1. The molecular weight excluding hydrogens is 362 g/mol. The highest BCUT2D eigenvalue weighted by Crippen LogP contribution is 2.26. The third-order valence-electron chi connectivity index (χ3n) is 3.46. The summed E-state index contributed by atoms with van der Waals surface area (Å²) in [4.78, 5) is 0.266. The first kappa shape index (κ1) is 17.0. The molecule has 0 aliphatic carbocycles. The van der Waals surface area contributed by atoms with E-state index in [4.69, 9.17) is 0 Å². The molecule has 2 aromatic rings. The smallest absolute Gasteiger partial charge is 0.261 e. The molecule has 0 heterocycles. The van der Waals surface area contributed by atoms with Crippen molar-refractivity contribution in [2.24, 2.45) is 0 Å². The largest absolute Gasteiger partial charge is 0.279 e. The van der Waals surface area contributed by atoms with E-state index >= 15 is 0 Å². The van der Waals surface area contributed by atoms with Gasteiger partial charge in [-0.25, -0.2) is 8.42 Å². The molecule has 1 N–H and O–H groups in total. The summed E-state index contributed by atoms with van der Waals surface area (Å²) >= 11 is 3.37. The Bertz CT molecular complexity index is 775. The van der Waals surface area contributed by atoms with E-state index in [1.807, 2.05) is 31.2 Å². The molecule has 0 aliphatic rings. The summed E-state index contributed by atoms with van der Waals surface area (Å²) in [6.07, 6.45) is 0. The zero-order valence-electron chi connectivity index (χ0n) is 13.1. The fraction of sp³-hybridized carbons (Fsp3) is 0.294. The second kappa shape index (κ2) is 6.05. The van der Waals surface area contributed by atoms with Gasteiger partial charge in [0.2, 0.25) is 0 Å². The number of hydrogen-bond donors (Lipinski definition) is 1. The number of aryl methyl sites for hydroxylation is 1. The van der Waals surface area contributed by atoms with Crippen LogP contribution in [0.3, 0.4) is 0 Å². The van der Waals surface area contributed by atoms with Gasteiger partial charge in [-0.3, -0.25) is 4.72 Å². The maximum absolute atomic E-state index is 12.5. The number of nitrogens with one attached hydrogen (secondary N) is 1. The average Bonchev–Trinajstić information content (AvgIpc) is 2.41. The van der Waals surface area contributed by atoms with Crippen LogP contribution in [0.5, 0.6) is 0 Å². The summed E-state index contributed by atoms with van der Waals surface area (Å²) in [5, 5.41) is 0. The molecule has 0 saturated heterocycles. The Morgan fingerprint density at radius 3 is 2.09 bits per heavy atom. The summed E-state index contributed by atoms with van der Waals surface area (Å²) in [7, 11) is -3.58. The molecular formula is C17H20BrNO2S. The standard InChI is InChI=1S/C17H20BrNO2S/c1-12-11-14(18)7-10-16(12)19-22(20,21)15-8-5-13(6-9-15)17(2,3)4/h5-11,19H,1-4H3. The van der Waals surface area contributed by atoms with Crippen molar-refractivity contribution >= 4 is 31.6 Å². The van der Waals surface area contributed by atoms with Crippen LogP contribution in [0.2, 0.25) is 0 Å². The minimum atomic E-state index is -3.58. The molecule has 0 spiro atoms. The predicted molar refractivity (Wildman–Crippen MR) is 94.8 cm³/mol. The second-order valence-corrected chi connectivity index (χ2v) is 8.94. The van der Waals surface area contributed by atoms with Crippen molar-refractivity contribution in [3.8, 4) is 0 Å². The Hall–Kier alpha value is -1.33. The van der Waals surface area contributed by atoms with Gasteiger partial charge in [0.15, 0.2) is 0 Å². The highest BCUT2D eigenvalue weighted by molar-refractivity contribution is 9.10. The van der Waals surface area contributed by atoms with Crippen LogP contribution in [0.4, 0.5) is 5.69 Å². The van der Waals surface area contributed by atoms with E-state index < -0.39 is 10.0 Å². The molecule has 0 aliphatic heterocycles. The molecule has 0 radical (unpaired) electrons. The van der Waals surface area contributed by atoms with E-state index in [0.29, 0.717) is 5.69 Å². The van der Waals surface area contributed by atoms with Gasteiger partial charge in [-0.1, -0.05) is 48.8 Å². The van der Waals surface area contributed by atoms with Gasteiger partial charge in [-0.2, -0.15) is 0 Å². The van der Waals surface area contributed by atoms with Crippen LogP contribution in [0, 0.1) is 6.92 Å². The van der Waals surface area contributed by atoms with Crippen LogP contribution in [0.25, 0.3) is 0 Å². The Morgan fingerprint density at radius 1 is 1.00 bits per heavy atom. The Balaban J connectivity index is 2.31. The monoisotopic (exact) mass is 381 g/mol. The predicted octanol–water partition coefficient (Wildman–Crippen LogP) is 4.86. The summed E-state index contributed by atoms with van der Waals surface area (Å²) < 4.78 is 28.5. The lowest BCUT2D eigenvalue weighted by molar-refractivity contribution is 0.587. The van der Waals surface area contributed by atoms with Gasteiger partial charge in [-0.15, -0.1) is 0 Å². The quantitative estimate of drug-likeness (QED) is 0.825. The highest BCUT2D eigenvalue weighted by Gasteiger charge is 2.18. The van der Waals surface area contributed by atoms with Gasteiger partial charge in [0.05, 0.1) is 10.6 Å². The summed E-state index contributed by atoms with van der Waals surface area (Å²) in [5.74, 6) is 0. The summed E-state index contributed by atoms with van der Waals surface area (Å²) in [6.45, 7) is 8.16. The zero-order chi connectivity index (χ0) is 16.5. The van der Waals surface area contributed by atoms with E-state index in [1.54, 1.807) is 18.2 Å². The number of anilines is 1. The van der Waals surface area contributed by atoms with Crippen molar-refractivity contribution in [3.63, 3.8) is 0 Å². The van der Waals surface area contributed by atoms with E-state index in [9.17, 15) is 8.42 Å². The SMILES string of the molecule is Cc1cc(Br)ccc1NS(=O)(=O)c1ccc(C(C)(C)C)cc1. The minimum absolute atomic E-state index is 0.00197. The fourth-order valence-electron chi connectivity index (χ4n) is 2.08. The molecule has 118 valence electrons. The second-order valence-electron chi connectivity index (χ2n) is 6.34. The van der Waals surface area contributed by atoms with Crippen molar-refractivity contribution in [3.05, 3.63) is 58.1 Å². The molecule has 0 amide bonds. The highest BCUT2D eigenvalue weighted by atomic mass is 79.9. The van der Waals surface area contributed by atoms with E-state index in [2.05, 4.69) is 41.4 Å². The molecule has 0 bridgehead atoms. The maximum atomic E-state index is 12.5. The third kappa shape index (κ3) is 3.90. The first-order valence-corrected chi connectivity index (χ1v) is 9.27. The number of rotatable bonds is 3. The first-order valence-electron chi connectivity index (χ1n) is 6.99. The van der Waals surface area contributed by atoms with E-state index in [0.717, 1.165) is 15.6 Å². The number of hydrogen-bond acceptors (Lipinski definition) is 2. The lowest BCUT2D eigenvalue weighted by Crippen LogP contribution is -2.15. The van der Waals surface area contributed by atoms with Crippen LogP contribution in [-0.2, 0) is 15.4 Å². The molecule has 0 fully saturated rings. The van der Waals surface area contributed by atoms with Crippen molar-refractivity contribution in [2.45, 2.75) is 38.0 Å².